The number of H-pyrrole nitrogens is 1. The van der Waals surface area contributed by atoms with E-state index in [0.717, 1.165) is 11.3 Å². The summed E-state index contributed by atoms with van der Waals surface area (Å²) in [5.74, 6) is 0. The van der Waals surface area contributed by atoms with Gasteiger partial charge in [-0.15, -0.1) is 0 Å². The maximum atomic E-state index is 11.7. The molecular formula is C9H10N4O. The molecule has 72 valence electrons. The second kappa shape index (κ2) is 3.10. The Morgan fingerprint density at radius 1 is 1.36 bits per heavy atom. The molecule has 0 fully saturated rings. The van der Waals surface area contributed by atoms with Gasteiger partial charge in [-0.2, -0.15) is 0 Å². The van der Waals surface area contributed by atoms with Crippen molar-refractivity contribution in [3.63, 3.8) is 0 Å². The zero-order chi connectivity index (χ0) is 10.1. The number of nitrogens with zero attached hydrogens (tertiary/aromatic N) is 3. The van der Waals surface area contributed by atoms with Crippen LogP contribution in [0.2, 0.25) is 0 Å². The molecule has 14 heavy (non-hydrogen) atoms. The van der Waals surface area contributed by atoms with Crippen molar-refractivity contribution in [2.75, 3.05) is 0 Å². The Morgan fingerprint density at radius 3 is 2.50 bits per heavy atom. The molecule has 0 saturated heterocycles. The van der Waals surface area contributed by atoms with Gasteiger partial charge >= 0.3 is 0 Å². The molecule has 0 aromatic carbocycles. The number of hydrogen-bond acceptors (Lipinski definition) is 3. The summed E-state index contributed by atoms with van der Waals surface area (Å²) in [4.78, 5) is 19.4. The maximum Gasteiger partial charge on any atom is 0.274 e. The Hall–Kier alpha value is -1.91. The van der Waals surface area contributed by atoms with Crippen LogP contribution in [-0.4, -0.2) is 19.7 Å². The number of aryl methyl sites for hydroxylation is 2. The third-order valence-electron chi connectivity index (χ3n) is 2.08. The van der Waals surface area contributed by atoms with E-state index in [1.165, 1.54) is 11.0 Å². The van der Waals surface area contributed by atoms with E-state index in [9.17, 15) is 4.79 Å². The van der Waals surface area contributed by atoms with Crippen LogP contribution < -0.4 is 5.56 Å². The van der Waals surface area contributed by atoms with Crippen LogP contribution in [0, 0.1) is 6.92 Å². The Balaban J connectivity index is 2.69. The van der Waals surface area contributed by atoms with Crippen molar-refractivity contribution >= 4 is 0 Å². The minimum Gasteiger partial charge on any atom is -0.300 e. The smallest absolute Gasteiger partial charge is 0.274 e. The van der Waals surface area contributed by atoms with Gasteiger partial charge in [0.1, 0.15) is 6.33 Å². The van der Waals surface area contributed by atoms with Gasteiger partial charge in [0.15, 0.2) is 0 Å². The highest BCUT2D eigenvalue weighted by molar-refractivity contribution is 5.62. The number of rotatable bonds is 1. The van der Waals surface area contributed by atoms with Gasteiger partial charge in [0.2, 0.25) is 0 Å². The topological polar surface area (TPSA) is 63.6 Å². The summed E-state index contributed by atoms with van der Waals surface area (Å²) < 4.78 is 1.44. The van der Waals surface area contributed by atoms with Crippen LogP contribution in [0.3, 0.4) is 0 Å². The van der Waals surface area contributed by atoms with Crippen molar-refractivity contribution in [3.8, 4) is 11.1 Å². The van der Waals surface area contributed by atoms with Gasteiger partial charge in [0.05, 0.1) is 5.56 Å². The summed E-state index contributed by atoms with van der Waals surface area (Å²) in [6, 6.07) is 0. The zero-order valence-corrected chi connectivity index (χ0v) is 7.98. The highest BCUT2D eigenvalue weighted by Crippen LogP contribution is 2.15. The van der Waals surface area contributed by atoms with Gasteiger partial charge in [0, 0.05) is 30.7 Å². The van der Waals surface area contributed by atoms with E-state index in [2.05, 4.69) is 15.1 Å². The first kappa shape index (κ1) is 8.68. The third kappa shape index (κ3) is 1.22. The molecule has 2 heterocycles. The highest BCUT2D eigenvalue weighted by Gasteiger charge is 2.10. The van der Waals surface area contributed by atoms with Crippen molar-refractivity contribution < 1.29 is 0 Å². The van der Waals surface area contributed by atoms with Gasteiger partial charge in [-0.05, 0) is 6.92 Å². The van der Waals surface area contributed by atoms with Crippen LogP contribution >= 0.6 is 0 Å². The van der Waals surface area contributed by atoms with Gasteiger partial charge in [-0.25, -0.2) is 9.97 Å². The summed E-state index contributed by atoms with van der Waals surface area (Å²) in [7, 11) is 1.68. The molecule has 0 saturated carbocycles. The Bertz CT molecular complexity index is 497. The normalized spacial score (nSPS) is 10.4. The molecule has 2 aromatic rings. The van der Waals surface area contributed by atoms with Crippen molar-refractivity contribution in [2.24, 2.45) is 7.05 Å². The van der Waals surface area contributed by atoms with E-state index in [1.807, 2.05) is 6.92 Å². The minimum atomic E-state index is -0.0581. The van der Waals surface area contributed by atoms with Crippen molar-refractivity contribution in [3.05, 3.63) is 34.8 Å². The fourth-order valence-electron chi connectivity index (χ4n) is 1.45. The second-order valence-corrected chi connectivity index (χ2v) is 3.10. The highest BCUT2D eigenvalue weighted by atomic mass is 16.1. The van der Waals surface area contributed by atoms with E-state index < -0.39 is 0 Å². The summed E-state index contributed by atoms with van der Waals surface area (Å²) >= 11 is 0. The molecule has 0 bridgehead atoms. The predicted molar refractivity (Wildman–Crippen MR) is 51.8 cm³/mol. The molecule has 2 aromatic heterocycles. The zero-order valence-electron chi connectivity index (χ0n) is 7.98. The summed E-state index contributed by atoms with van der Waals surface area (Å²) in [6.07, 6.45) is 4.70. The van der Waals surface area contributed by atoms with E-state index >= 15 is 0 Å². The van der Waals surface area contributed by atoms with E-state index in [-0.39, 0.29) is 5.56 Å². The van der Waals surface area contributed by atoms with Crippen molar-refractivity contribution in [1.82, 2.24) is 19.7 Å². The lowest BCUT2D eigenvalue weighted by Gasteiger charge is -1.94. The average Bonchev–Trinajstić information content (AvgIpc) is 2.43. The van der Waals surface area contributed by atoms with Crippen LogP contribution in [0.4, 0.5) is 0 Å². The Labute approximate surface area is 80.4 Å². The lowest BCUT2D eigenvalue weighted by atomic mass is 10.1. The molecule has 0 aliphatic carbocycles. The standard InChI is InChI=1S/C9H10N4O/c1-6-8(9(14)13(2)12-6)7-3-10-5-11-4-7/h3-5,12H,1-2H3. The average molecular weight is 190 g/mol. The molecule has 2 rings (SSSR count). The van der Waals surface area contributed by atoms with E-state index in [4.69, 9.17) is 0 Å². The van der Waals surface area contributed by atoms with Crippen LogP contribution in [0.15, 0.2) is 23.5 Å². The predicted octanol–water partition coefficient (Wildman–Crippen LogP) is 0.479. The molecule has 0 atom stereocenters. The first-order valence-corrected chi connectivity index (χ1v) is 4.21. The summed E-state index contributed by atoms with van der Waals surface area (Å²) in [5, 5.41) is 2.92. The fourth-order valence-corrected chi connectivity index (χ4v) is 1.45. The van der Waals surface area contributed by atoms with Gasteiger partial charge in [0.25, 0.3) is 5.56 Å². The lowest BCUT2D eigenvalue weighted by Crippen LogP contribution is -2.13. The maximum absolute atomic E-state index is 11.7. The molecule has 0 amide bonds. The molecule has 0 spiro atoms. The Morgan fingerprint density at radius 2 is 2.00 bits per heavy atom. The number of hydrogen-bond donors (Lipinski definition) is 1. The van der Waals surface area contributed by atoms with E-state index in [0.29, 0.717) is 5.56 Å². The van der Waals surface area contributed by atoms with Crippen LogP contribution in [-0.2, 0) is 7.05 Å². The second-order valence-electron chi connectivity index (χ2n) is 3.10. The number of aromatic nitrogens is 4. The summed E-state index contributed by atoms with van der Waals surface area (Å²) in [5.41, 5.74) is 2.14. The molecule has 5 heteroatoms. The fraction of sp³-hybridized carbons (Fsp3) is 0.222. The van der Waals surface area contributed by atoms with Crippen molar-refractivity contribution in [2.45, 2.75) is 6.92 Å². The van der Waals surface area contributed by atoms with Crippen LogP contribution in [0.5, 0.6) is 0 Å². The van der Waals surface area contributed by atoms with Gasteiger partial charge in [-0.3, -0.25) is 14.6 Å². The molecule has 0 aliphatic rings. The first-order valence-electron chi connectivity index (χ1n) is 4.21. The first-order chi connectivity index (χ1) is 6.70. The van der Waals surface area contributed by atoms with Gasteiger partial charge in [-0.1, -0.05) is 0 Å². The summed E-state index contributed by atoms with van der Waals surface area (Å²) in [6.45, 7) is 1.85. The van der Waals surface area contributed by atoms with Crippen molar-refractivity contribution in [1.29, 1.82) is 0 Å². The number of aromatic amines is 1. The molecule has 1 N–H and O–H groups in total. The third-order valence-corrected chi connectivity index (χ3v) is 2.08. The monoisotopic (exact) mass is 190 g/mol. The molecule has 0 radical (unpaired) electrons. The van der Waals surface area contributed by atoms with Gasteiger partial charge < -0.3 is 0 Å². The largest absolute Gasteiger partial charge is 0.300 e. The van der Waals surface area contributed by atoms with E-state index in [1.54, 1.807) is 19.4 Å². The lowest BCUT2D eigenvalue weighted by molar-refractivity contribution is 0.731. The minimum absolute atomic E-state index is 0.0581. The Kier molecular flexibility index (Phi) is 1.92. The van der Waals surface area contributed by atoms with Crippen LogP contribution in [0.25, 0.3) is 11.1 Å². The quantitative estimate of drug-likeness (QED) is 0.711. The van der Waals surface area contributed by atoms with Crippen LogP contribution in [0.1, 0.15) is 5.69 Å². The number of nitrogens with one attached hydrogen (secondary N) is 1. The molecular weight excluding hydrogens is 180 g/mol. The molecule has 0 unspecified atom stereocenters. The molecule has 0 aliphatic heterocycles. The SMILES string of the molecule is Cc1[nH]n(C)c(=O)c1-c1cncnc1. The molecule has 5 nitrogen and oxygen atoms in total.